The van der Waals surface area contributed by atoms with Gasteiger partial charge in [0.15, 0.2) is 6.61 Å². The van der Waals surface area contributed by atoms with Crippen LogP contribution in [0.3, 0.4) is 0 Å². The normalized spacial score (nSPS) is 12.8. The summed E-state index contributed by atoms with van der Waals surface area (Å²) < 4.78 is 10.3. The molecule has 0 saturated carbocycles. The number of halogens is 1. The molecular formula is C16H21BrN2O5. The lowest BCUT2D eigenvalue weighted by Crippen LogP contribution is -2.47. The first-order chi connectivity index (χ1) is 11.3. The first-order valence-corrected chi connectivity index (χ1v) is 8.18. The molecular weight excluding hydrogens is 380 g/mol. The number of amides is 1. The molecule has 132 valence electrons. The molecule has 0 heterocycles. The Morgan fingerprint density at radius 1 is 1.33 bits per heavy atom. The van der Waals surface area contributed by atoms with Crippen molar-refractivity contribution in [1.82, 2.24) is 5.32 Å². The first kappa shape index (κ1) is 20.0. The van der Waals surface area contributed by atoms with Gasteiger partial charge < -0.3 is 20.5 Å². The molecule has 1 aromatic rings. The van der Waals surface area contributed by atoms with Gasteiger partial charge in [-0.05, 0) is 24.1 Å². The van der Waals surface area contributed by atoms with Gasteiger partial charge in [-0.2, -0.15) is 0 Å². The van der Waals surface area contributed by atoms with Crippen molar-refractivity contribution in [2.24, 2.45) is 5.92 Å². The van der Waals surface area contributed by atoms with E-state index in [0.717, 1.165) is 0 Å². The Morgan fingerprint density at radius 3 is 2.58 bits per heavy atom. The molecule has 0 saturated heterocycles. The molecule has 1 aromatic carbocycles. The average Bonchev–Trinajstić information content (AvgIpc) is 2.58. The monoisotopic (exact) mass is 400 g/mol. The Labute approximate surface area is 149 Å². The number of benzene rings is 1. The van der Waals surface area contributed by atoms with Gasteiger partial charge in [-0.3, -0.25) is 4.79 Å². The Bertz CT molecular complexity index is 620. The molecule has 8 heteroatoms. The predicted molar refractivity (Wildman–Crippen MR) is 92.2 cm³/mol. The standard InChI is InChI=1S/C16H21BrN2O5/c1-4-9(2)14(16(22)23-3)19-13(20)8-24-15(21)11-7-10(17)5-6-12(11)18/h5-7,9,14H,4,8,18H2,1-3H3,(H,19,20)/t9-,14-/m0/s1. The smallest absolute Gasteiger partial charge is 0.340 e. The summed E-state index contributed by atoms with van der Waals surface area (Å²) in [5, 5.41) is 2.52. The quantitative estimate of drug-likeness (QED) is 0.534. The van der Waals surface area contributed by atoms with E-state index in [1.54, 1.807) is 12.1 Å². The maximum absolute atomic E-state index is 12.0. The van der Waals surface area contributed by atoms with E-state index in [-0.39, 0.29) is 17.2 Å². The van der Waals surface area contributed by atoms with Crippen molar-refractivity contribution in [3.63, 3.8) is 0 Å². The van der Waals surface area contributed by atoms with Crippen LogP contribution in [-0.4, -0.2) is 37.6 Å². The summed E-state index contributed by atoms with van der Waals surface area (Å²) in [4.78, 5) is 35.7. The van der Waals surface area contributed by atoms with Crippen molar-refractivity contribution < 1.29 is 23.9 Å². The molecule has 0 radical (unpaired) electrons. The molecule has 0 aliphatic heterocycles. The van der Waals surface area contributed by atoms with Crippen LogP contribution in [-0.2, 0) is 19.1 Å². The highest BCUT2D eigenvalue weighted by Gasteiger charge is 2.27. The molecule has 0 spiro atoms. The van der Waals surface area contributed by atoms with Gasteiger partial charge >= 0.3 is 11.9 Å². The van der Waals surface area contributed by atoms with Gasteiger partial charge in [-0.15, -0.1) is 0 Å². The lowest BCUT2D eigenvalue weighted by atomic mass is 9.99. The van der Waals surface area contributed by atoms with Crippen molar-refractivity contribution in [3.8, 4) is 0 Å². The Kier molecular flexibility index (Phi) is 7.70. The van der Waals surface area contributed by atoms with E-state index in [1.807, 2.05) is 13.8 Å². The third kappa shape index (κ3) is 5.52. The summed E-state index contributed by atoms with van der Waals surface area (Å²) in [6.07, 6.45) is 0.675. The fraction of sp³-hybridized carbons (Fsp3) is 0.438. The van der Waals surface area contributed by atoms with Crippen LogP contribution in [0.1, 0.15) is 30.6 Å². The number of carbonyl (C=O) groups is 3. The van der Waals surface area contributed by atoms with E-state index in [2.05, 4.69) is 26.0 Å². The topological polar surface area (TPSA) is 108 Å². The number of hydrogen-bond donors (Lipinski definition) is 2. The molecule has 3 N–H and O–H groups in total. The van der Waals surface area contributed by atoms with Gasteiger partial charge in [0.2, 0.25) is 0 Å². The Morgan fingerprint density at radius 2 is 2.00 bits per heavy atom. The van der Waals surface area contributed by atoms with Gasteiger partial charge in [0.05, 0.1) is 12.7 Å². The number of nitrogens with one attached hydrogen (secondary N) is 1. The van der Waals surface area contributed by atoms with Crippen molar-refractivity contribution >= 4 is 39.5 Å². The Hall–Kier alpha value is -2.09. The van der Waals surface area contributed by atoms with Crippen LogP contribution < -0.4 is 11.1 Å². The summed E-state index contributed by atoms with van der Waals surface area (Å²) in [6, 6.07) is 3.96. The second kappa shape index (κ2) is 9.27. The van der Waals surface area contributed by atoms with Crippen LogP contribution >= 0.6 is 15.9 Å². The summed E-state index contributed by atoms with van der Waals surface area (Å²) in [7, 11) is 1.25. The molecule has 0 unspecified atom stereocenters. The van der Waals surface area contributed by atoms with Crippen molar-refractivity contribution in [2.45, 2.75) is 26.3 Å². The van der Waals surface area contributed by atoms with Gasteiger partial charge in [-0.1, -0.05) is 36.2 Å². The zero-order chi connectivity index (χ0) is 18.3. The second-order valence-corrected chi connectivity index (χ2v) is 6.18. The number of anilines is 1. The highest BCUT2D eigenvalue weighted by atomic mass is 79.9. The molecule has 0 aliphatic carbocycles. The third-order valence-corrected chi connectivity index (χ3v) is 4.05. The van der Waals surface area contributed by atoms with Crippen molar-refractivity contribution in [1.29, 1.82) is 0 Å². The predicted octanol–water partition coefficient (Wildman–Crippen LogP) is 1.89. The molecule has 0 aliphatic rings. The number of methoxy groups -OCH3 is 1. The van der Waals surface area contributed by atoms with E-state index in [4.69, 9.17) is 10.5 Å². The van der Waals surface area contributed by atoms with Crippen LogP contribution in [0.2, 0.25) is 0 Å². The van der Waals surface area contributed by atoms with Crippen LogP contribution in [0.5, 0.6) is 0 Å². The number of carbonyl (C=O) groups excluding carboxylic acids is 3. The van der Waals surface area contributed by atoms with Gasteiger partial charge in [-0.25, -0.2) is 9.59 Å². The zero-order valence-electron chi connectivity index (χ0n) is 13.8. The summed E-state index contributed by atoms with van der Waals surface area (Å²) in [5.74, 6) is -1.96. The number of hydrogen-bond acceptors (Lipinski definition) is 6. The lowest BCUT2D eigenvalue weighted by molar-refractivity contribution is -0.147. The van der Waals surface area contributed by atoms with Crippen LogP contribution in [0.4, 0.5) is 5.69 Å². The molecule has 0 aromatic heterocycles. The second-order valence-electron chi connectivity index (χ2n) is 5.26. The van der Waals surface area contributed by atoms with Crippen molar-refractivity contribution in [3.05, 3.63) is 28.2 Å². The fourth-order valence-electron chi connectivity index (χ4n) is 1.93. The minimum atomic E-state index is -0.790. The minimum Gasteiger partial charge on any atom is -0.467 e. The number of esters is 2. The van der Waals surface area contributed by atoms with Gasteiger partial charge in [0.25, 0.3) is 5.91 Å². The number of rotatable bonds is 7. The Balaban J connectivity index is 2.66. The average molecular weight is 401 g/mol. The third-order valence-electron chi connectivity index (χ3n) is 3.55. The van der Waals surface area contributed by atoms with E-state index in [0.29, 0.717) is 10.9 Å². The van der Waals surface area contributed by atoms with Crippen LogP contribution in [0.25, 0.3) is 0 Å². The zero-order valence-corrected chi connectivity index (χ0v) is 15.4. The van der Waals surface area contributed by atoms with Crippen molar-refractivity contribution in [2.75, 3.05) is 19.5 Å². The van der Waals surface area contributed by atoms with E-state index >= 15 is 0 Å². The fourth-order valence-corrected chi connectivity index (χ4v) is 2.29. The highest BCUT2D eigenvalue weighted by Crippen LogP contribution is 2.19. The molecule has 0 fully saturated rings. The molecule has 2 atom stereocenters. The van der Waals surface area contributed by atoms with Gasteiger partial charge in [0, 0.05) is 10.2 Å². The summed E-state index contributed by atoms with van der Waals surface area (Å²) >= 11 is 3.23. The van der Waals surface area contributed by atoms with E-state index in [1.165, 1.54) is 13.2 Å². The molecule has 0 bridgehead atoms. The van der Waals surface area contributed by atoms with E-state index in [9.17, 15) is 14.4 Å². The molecule has 1 rings (SSSR count). The first-order valence-electron chi connectivity index (χ1n) is 7.39. The summed E-state index contributed by atoms with van der Waals surface area (Å²) in [5.41, 5.74) is 6.11. The summed E-state index contributed by atoms with van der Waals surface area (Å²) in [6.45, 7) is 3.19. The van der Waals surface area contributed by atoms with Gasteiger partial charge in [0.1, 0.15) is 6.04 Å². The number of nitrogen functional groups attached to an aromatic ring is 1. The molecule has 24 heavy (non-hydrogen) atoms. The SMILES string of the molecule is CC[C@H](C)[C@H](NC(=O)COC(=O)c1cc(Br)ccc1N)C(=O)OC. The maximum atomic E-state index is 12.0. The van der Waals surface area contributed by atoms with Crippen LogP contribution in [0.15, 0.2) is 22.7 Å². The lowest BCUT2D eigenvalue weighted by Gasteiger charge is -2.21. The molecule has 1 amide bonds. The highest BCUT2D eigenvalue weighted by molar-refractivity contribution is 9.10. The number of ether oxygens (including phenoxy) is 2. The van der Waals surface area contributed by atoms with E-state index < -0.39 is 30.5 Å². The maximum Gasteiger partial charge on any atom is 0.340 e. The number of nitrogens with two attached hydrogens (primary N) is 1. The largest absolute Gasteiger partial charge is 0.467 e. The van der Waals surface area contributed by atoms with Crippen LogP contribution in [0, 0.1) is 5.92 Å². The molecule has 7 nitrogen and oxygen atoms in total. The minimum absolute atomic E-state index is 0.113.